The van der Waals surface area contributed by atoms with E-state index in [-0.39, 0.29) is 0 Å². The molecule has 0 spiro atoms. The summed E-state index contributed by atoms with van der Waals surface area (Å²) in [6.07, 6.45) is -38.5. The number of ether oxygens (including phenoxy) is 6. The maximum atomic E-state index is 11.6. The lowest BCUT2D eigenvalue weighted by atomic mass is 9.85. The van der Waals surface area contributed by atoms with E-state index in [1.54, 1.807) is 0 Å². The lowest BCUT2D eigenvalue weighted by Gasteiger charge is -2.50. The first-order valence-corrected chi connectivity index (χ1v) is 15.7. The Morgan fingerprint density at radius 3 is 1.98 bits per heavy atom. The van der Waals surface area contributed by atoms with Gasteiger partial charge in [-0.15, -0.1) is 0 Å². The highest BCUT2D eigenvalue weighted by molar-refractivity contribution is 5.01. The van der Waals surface area contributed by atoms with Crippen LogP contribution < -0.4 is 5.73 Å². The molecule has 17 N–H and O–H groups in total. The predicted octanol–water partition coefficient (Wildman–Crippen LogP) is -9.91. The SMILES string of the molecule is C[C@H]1OC(OC(C[C@]2(O)C[C@H](O)[C@@H](N)[C@H]([C@H](O)[C@H](O)CO)O2)[C@H]2O[C@@H](O[C@H]3[C@H](O)[C@@H](O)[C@@H](O)O[C@@H]3CO)[C@H](O)[C@@H](O)[C@H]2O)[C@H](O)[C@@H](O)[C@H]1O. The van der Waals surface area contributed by atoms with Crippen molar-refractivity contribution in [3.63, 3.8) is 0 Å². The second-order valence-corrected chi connectivity index (χ2v) is 12.9. The monoisotopic (exact) mass is 723 g/mol. The van der Waals surface area contributed by atoms with E-state index < -0.39 is 161 Å². The molecule has 0 aliphatic carbocycles. The Balaban J connectivity index is 1.67. The largest absolute Gasteiger partial charge is 0.394 e. The Kier molecular flexibility index (Phi) is 13.7. The van der Waals surface area contributed by atoms with E-state index in [4.69, 9.17) is 34.2 Å². The topological polar surface area (TPSA) is 385 Å². The van der Waals surface area contributed by atoms with Crippen LogP contribution in [-0.4, -0.2) is 224 Å². The van der Waals surface area contributed by atoms with Crippen LogP contribution in [0.4, 0.5) is 0 Å². The van der Waals surface area contributed by atoms with Gasteiger partial charge in [0.15, 0.2) is 24.7 Å². The van der Waals surface area contributed by atoms with Crippen LogP contribution in [0.15, 0.2) is 0 Å². The van der Waals surface area contributed by atoms with Gasteiger partial charge in [0.2, 0.25) is 0 Å². The zero-order chi connectivity index (χ0) is 36.7. The number of rotatable bonds is 11. The van der Waals surface area contributed by atoms with Gasteiger partial charge in [0.1, 0.15) is 85.5 Å². The van der Waals surface area contributed by atoms with Crippen molar-refractivity contribution in [3.8, 4) is 0 Å². The minimum absolute atomic E-state index is 0.712. The van der Waals surface area contributed by atoms with Crippen molar-refractivity contribution in [1.82, 2.24) is 0 Å². The van der Waals surface area contributed by atoms with Crippen molar-refractivity contribution < 1.29 is 105 Å². The summed E-state index contributed by atoms with van der Waals surface area (Å²) in [5.41, 5.74) is 5.94. The normalized spacial score (nSPS) is 51.6. The lowest BCUT2D eigenvalue weighted by molar-refractivity contribution is -0.378. The highest BCUT2D eigenvalue weighted by Gasteiger charge is 2.56. The van der Waals surface area contributed by atoms with Crippen LogP contribution in [0.25, 0.3) is 0 Å². The summed E-state index contributed by atoms with van der Waals surface area (Å²) in [7, 11) is 0. The first-order chi connectivity index (χ1) is 22.8. The van der Waals surface area contributed by atoms with Crippen LogP contribution in [-0.2, 0) is 28.4 Å². The van der Waals surface area contributed by atoms with Crippen LogP contribution in [0.2, 0.25) is 0 Å². The van der Waals surface area contributed by atoms with Gasteiger partial charge in [0.05, 0.1) is 37.6 Å². The highest BCUT2D eigenvalue weighted by Crippen LogP contribution is 2.38. The van der Waals surface area contributed by atoms with Crippen LogP contribution in [0.3, 0.4) is 0 Å². The molecule has 0 aromatic rings. The van der Waals surface area contributed by atoms with Crippen molar-refractivity contribution in [2.45, 2.75) is 154 Å². The Morgan fingerprint density at radius 2 is 1.37 bits per heavy atom. The zero-order valence-corrected chi connectivity index (χ0v) is 26.2. The molecule has 4 heterocycles. The molecule has 4 aliphatic rings. The van der Waals surface area contributed by atoms with E-state index >= 15 is 0 Å². The van der Waals surface area contributed by atoms with E-state index in [9.17, 15) is 76.6 Å². The fraction of sp³-hybridized carbons (Fsp3) is 1.00. The van der Waals surface area contributed by atoms with E-state index in [1.807, 2.05) is 0 Å². The third-order valence-electron chi connectivity index (χ3n) is 9.37. The van der Waals surface area contributed by atoms with E-state index in [0.717, 1.165) is 0 Å². The molecule has 0 saturated carbocycles. The van der Waals surface area contributed by atoms with Crippen LogP contribution in [0.1, 0.15) is 19.8 Å². The molecule has 4 saturated heterocycles. The van der Waals surface area contributed by atoms with Gasteiger partial charge in [-0.05, 0) is 6.92 Å². The quantitative estimate of drug-likeness (QED) is 0.0940. The number of hydrogen-bond acceptors (Lipinski definition) is 22. The third kappa shape index (κ3) is 8.52. The summed E-state index contributed by atoms with van der Waals surface area (Å²) in [6, 6.07) is -1.42. The van der Waals surface area contributed by atoms with Crippen LogP contribution in [0.5, 0.6) is 0 Å². The number of nitrogens with two attached hydrogens (primary N) is 1. The van der Waals surface area contributed by atoms with E-state index in [1.165, 1.54) is 6.92 Å². The van der Waals surface area contributed by atoms with Crippen molar-refractivity contribution in [2.24, 2.45) is 5.73 Å². The van der Waals surface area contributed by atoms with Gasteiger partial charge >= 0.3 is 0 Å². The van der Waals surface area contributed by atoms with Crippen molar-refractivity contribution >= 4 is 0 Å². The fourth-order valence-electron chi connectivity index (χ4n) is 6.35. The molecule has 0 amide bonds. The number of hydrogen-bond donors (Lipinski definition) is 16. The molecular formula is C27H49NO21. The summed E-state index contributed by atoms with van der Waals surface area (Å²) >= 11 is 0. The van der Waals surface area contributed by atoms with Gasteiger partial charge in [-0.1, -0.05) is 0 Å². The first-order valence-electron chi connectivity index (χ1n) is 15.7. The predicted molar refractivity (Wildman–Crippen MR) is 151 cm³/mol. The average molecular weight is 724 g/mol. The van der Waals surface area contributed by atoms with Crippen LogP contribution in [0, 0.1) is 0 Å². The molecular weight excluding hydrogens is 674 g/mol. The molecule has 22 nitrogen and oxygen atoms in total. The third-order valence-corrected chi connectivity index (χ3v) is 9.37. The highest BCUT2D eigenvalue weighted by atomic mass is 16.7. The summed E-state index contributed by atoms with van der Waals surface area (Å²) in [4.78, 5) is 0. The smallest absolute Gasteiger partial charge is 0.187 e. The van der Waals surface area contributed by atoms with Gasteiger partial charge < -0.3 is 111 Å². The van der Waals surface area contributed by atoms with Crippen LogP contribution >= 0.6 is 0 Å². The fourth-order valence-corrected chi connectivity index (χ4v) is 6.35. The standard InChI is InChI=1S/C27H49NO21/c1-6-12(33)14(35)19(40)25(44-6)46-9(3-27(43)2-7(31)11(28)23(49-27)13(34)8(32)4-29)21-16(37)15(36)20(41)26(47-21)48-22-10(5-30)45-24(42)18(39)17(22)38/h6-26,29-43H,2-5,28H2,1H3/t6-,7+,8-,9?,10-,11-,12+,13-,14+,15+,16-,17-,18-,19-,20-,21-,22-,23-,24+,25?,26+,27+/m1/s1. The summed E-state index contributed by atoms with van der Waals surface area (Å²) in [5, 5.41) is 156. The van der Waals surface area contributed by atoms with E-state index in [2.05, 4.69) is 0 Å². The average Bonchev–Trinajstić information content (AvgIpc) is 3.06. The molecule has 288 valence electrons. The second-order valence-electron chi connectivity index (χ2n) is 12.9. The summed E-state index contributed by atoms with van der Waals surface area (Å²) in [5.74, 6) is -2.60. The molecule has 0 aromatic carbocycles. The lowest BCUT2D eigenvalue weighted by Crippen LogP contribution is -2.68. The molecule has 22 heteroatoms. The second kappa shape index (κ2) is 16.4. The van der Waals surface area contributed by atoms with Gasteiger partial charge in [-0.3, -0.25) is 0 Å². The molecule has 2 unspecified atom stereocenters. The minimum Gasteiger partial charge on any atom is -0.394 e. The summed E-state index contributed by atoms with van der Waals surface area (Å²) in [6.45, 7) is -0.533. The molecule has 0 aromatic heterocycles. The number of aliphatic hydroxyl groups is 15. The Labute approximate surface area is 278 Å². The van der Waals surface area contributed by atoms with Gasteiger partial charge in [-0.2, -0.15) is 0 Å². The maximum Gasteiger partial charge on any atom is 0.187 e. The van der Waals surface area contributed by atoms with Crippen molar-refractivity contribution in [3.05, 3.63) is 0 Å². The maximum absolute atomic E-state index is 11.6. The molecule has 0 radical (unpaired) electrons. The van der Waals surface area contributed by atoms with Gasteiger partial charge in [0, 0.05) is 12.8 Å². The van der Waals surface area contributed by atoms with Gasteiger partial charge in [0.25, 0.3) is 0 Å². The minimum atomic E-state index is -2.60. The molecule has 4 rings (SSSR count). The van der Waals surface area contributed by atoms with Gasteiger partial charge in [-0.25, -0.2) is 0 Å². The van der Waals surface area contributed by atoms with Crippen molar-refractivity contribution in [1.29, 1.82) is 0 Å². The Hall–Kier alpha value is -0.880. The van der Waals surface area contributed by atoms with Crippen molar-refractivity contribution in [2.75, 3.05) is 13.2 Å². The molecule has 4 fully saturated rings. The number of aliphatic hydroxyl groups excluding tert-OH is 14. The molecule has 49 heavy (non-hydrogen) atoms. The molecule has 4 aliphatic heterocycles. The zero-order valence-electron chi connectivity index (χ0n) is 26.2. The first kappa shape index (κ1) is 40.9. The Bertz CT molecular complexity index is 1050. The Morgan fingerprint density at radius 1 is 0.755 bits per heavy atom. The summed E-state index contributed by atoms with van der Waals surface area (Å²) < 4.78 is 33.3. The van der Waals surface area contributed by atoms with E-state index in [0.29, 0.717) is 0 Å². The molecule has 0 bridgehead atoms. The molecule has 22 atom stereocenters.